The Balaban J connectivity index is 2.04. The third-order valence-corrected chi connectivity index (χ3v) is 6.34. The minimum Gasteiger partial charge on any atom is -0.299 e. The van der Waals surface area contributed by atoms with E-state index in [4.69, 9.17) is 0 Å². The van der Waals surface area contributed by atoms with Gasteiger partial charge in [0.25, 0.3) is 0 Å². The standard InChI is InChI=1S/C16H23NS/c1-12-10-17-16(18-11-12)9-8-15(2,3)13-6-4-5-7-14(13)16/h4-7,12,17H,8-11H2,1-3H3. The lowest BCUT2D eigenvalue weighted by molar-refractivity contribution is 0.312. The highest BCUT2D eigenvalue weighted by atomic mass is 32.2. The van der Waals surface area contributed by atoms with Crippen LogP contribution in [0.5, 0.6) is 0 Å². The first-order chi connectivity index (χ1) is 8.54. The molecule has 2 unspecified atom stereocenters. The number of benzene rings is 1. The summed E-state index contributed by atoms with van der Waals surface area (Å²) in [5, 5.41) is 3.84. The maximum absolute atomic E-state index is 3.84. The minimum atomic E-state index is 0.193. The van der Waals surface area contributed by atoms with Crippen LogP contribution >= 0.6 is 11.8 Å². The molecule has 1 aliphatic carbocycles. The normalized spacial score (nSPS) is 34.3. The van der Waals surface area contributed by atoms with E-state index in [0.717, 1.165) is 12.5 Å². The Morgan fingerprint density at radius 2 is 1.89 bits per heavy atom. The molecule has 0 amide bonds. The van der Waals surface area contributed by atoms with Crippen LogP contribution < -0.4 is 5.32 Å². The SMILES string of the molecule is CC1CNC2(CCC(C)(C)c3ccccc32)SC1. The Morgan fingerprint density at radius 1 is 1.17 bits per heavy atom. The van der Waals surface area contributed by atoms with E-state index in [1.54, 1.807) is 5.56 Å². The summed E-state index contributed by atoms with van der Waals surface area (Å²) in [5.41, 5.74) is 3.41. The molecule has 18 heavy (non-hydrogen) atoms. The molecule has 98 valence electrons. The molecule has 1 spiro atoms. The number of rotatable bonds is 0. The predicted octanol–water partition coefficient (Wildman–Crippen LogP) is 3.88. The van der Waals surface area contributed by atoms with E-state index in [1.165, 1.54) is 24.2 Å². The van der Waals surface area contributed by atoms with Crippen LogP contribution in [0.1, 0.15) is 44.7 Å². The average Bonchev–Trinajstić information content (AvgIpc) is 2.38. The third-order valence-electron chi connectivity index (χ3n) is 4.54. The van der Waals surface area contributed by atoms with E-state index < -0.39 is 0 Å². The smallest absolute Gasteiger partial charge is 0.0904 e. The number of hydrogen-bond acceptors (Lipinski definition) is 2. The van der Waals surface area contributed by atoms with Crippen LogP contribution in [-0.4, -0.2) is 12.3 Å². The van der Waals surface area contributed by atoms with Crippen molar-refractivity contribution in [2.24, 2.45) is 5.92 Å². The van der Waals surface area contributed by atoms with E-state index in [0.29, 0.717) is 5.41 Å². The Labute approximate surface area is 115 Å². The highest BCUT2D eigenvalue weighted by Crippen LogP contribution is 2.51. The monoisotopic (exact) mass is 261 g/mol. The zero-order chi connectivity index (χ0) is 12.8. The van der Waals surface area contributed by atoms with Gasteiger partial charge in [0.15, 0.2) is 0 Å². The van der Waals surface area contributed by atoms with Crippen LogP contribution in [0.3, 0.4) is 0 Å². The average molecular weight is 261 g/mol. The van der Waals surface area contributed by atoms with Gasteiger partial charge >= 0.3 is 0 Å². The van der Waals surface area contributed by atoms with Crippen LogP contribution in [0.2, 0.25) is 0 Å². The fourth-order valence-electron chi connectivity index (χ4n) is 3.25. The van der Waals surface area contributed by atoms with Gasteiger partial charge in [0, 0.05) is 6.54 Å². The fraction of sp³-hybridized carbons (Fsp3) is 0.625. The summed E-state index contributed by atoms with van der Waals surface area (Å²) in [4.78, 5) is 0.193. The topological polar surface area (TPSA) is 12.0 Å². The lowest BCUT2D eigenvalue weighted by Crippen LogP contribution is -2.50. The maximum Gasteiger partial charge on any atom is 0.0904 e. The Morgan fingerprint density at radius 3 is 2.56 bits per heavy atom. The first-order valence-electron chi connectivity index (χ1n) is 7.02. The van der Waals surface area contributed by atoms with Crippen LogP contribution in [0, 0.1) is 5.92 Å². The molecule has 1 heterocycles. The molecule has 1 nitrogen and oxygen atoms in total. The van der Waals surface area contributed by atoms with Crippen molar-refractivity contribution < 1.29 is 0 Å². The summed E-state index contributed by atoms with van der Waals surface area (Å²) in [5.74, 6) is 2.07. The van der Waals surface area contributed by atoms with Crippen LogP contribution in [0.4, 0.5) is 0 Å². The van der Waals surface area contributed by atoms with Gasteiger partial charge in [0.1, 0.15) is 0 Å². The second-order valence-corrected chi connectivity index (χ2v) is 7.87. The second-order valence-electron chi connectivity index (χ2n) is 6.55. The molecular weight excluding hydrogens is 238 g/mol. The summed E-state index contributed by atoms with van der Waals surface area (Å²) in [6, 6.07) is 9.06. The Hall–Kier alpha value is -0.470. The molecule has 3 rings (SSSR count). The van der Waals surface area contributed by atoms with Crippen molar-refractivity contribution in [2.45, 2.75) is 43.9 Å². The molecule has 0 saturated carbocycles. The van der Waals surface area contributed by atoms with E-state index in [2.05, 4.69) is 62.1 Å². The zero-order valence-electron chi connectivity index (χ0n) is 11.6. The van der Waals surface area contributed by atoms with Gasteiger partial charge in [0.2, 0.25) is 0 Å². The van der Waals surface area contributed by atoms with Gasteiger partial charge in [-0.3, -0.25) is 5.32 Å². The van der Waals surface area contributed by atoms with Crippen LogP contribution in [0.15, 0.2) is 24.3 Å². The lowest BCUT2D eigenvalue weighted by atomic mass is 9.70. The van der Waals surface area contributed by atoms with Gasteiger partial charge in [-0.15, -0.1) is 11.8 Å². The quantitative estimate of drug-likeness (QED) is 0.760. The predicted molar refractivity (Wildman–Crippen MR) is 80.0 cm³/mol. The highest BCUT2D eigenvalue weighted by Gasteiger charge is 2.44. The van der Waals surface area contributed by atoms with Crippen molar-refractivity contribution in [3.63, 3.8) is 0 Å². The highest BCUT2D eigenvalue weighted by molar-refractivity contribution is 8.00. The van der Waals surface area contributed by atoms with Crippen molar-refractivity contribution >= 4 is 11.8 Å². The van der Waals surface area contributed by atoms with Crippen molar-refractivity contribution in [2.75, 3.05) is 12.3 Å². The van der Waals surface area contributed by atoms with E-state index >= 15 is 0 Å². The maximum atomic E-state index is 3.84. The van der Waals surface area contributed by atoms with Crippen LogP contribution in [-0.2, 0) is 10.3 Å². The Bertz CT molecular complexity index is 444. The molecule has 1 saturated heterocycles. The summed E-state index contributed by atoms with van der Waals surface area (Å²) in [7, 11) is 0. The molecule has 0 radical (unpaired) electrons. The number of hydrogen-bond donors (Lipinski definition) is 1. The summed E-state index contributed by atoms with van der Waals surface area (Å²) < 4.78 is 0. The van der Waals surface area contributed by atoms with Crippen LogP contribution in [0.25, 0.3) is 0 Å². The summed E-state index contributed by atoms with van der Waals surface area (Å²) >= 11 is 2.13. The van der Waals surface area contributed by atoms with Gasteiger partial charge in [-0.1, -0.05) is 45.0 Å². The molecule has 2 atom stereocenters. The molecule has 2 aliphatic rings. The molecule has 0 aromatic heterocycles. The van der Waals surface area contributed by atoms with E-state index in [1.807, 2.05) is 0 Å². The fourth-order valence-corrected chi connectivity index (χ4v) is 4.70. The van der Waals surface area contributed by atoms with Crippen molar-refractivity contribution in [3.8, 4) is 0 Å². The molecule has 1 N–H and O–H groups in total. The Kier molecular flexibility index (Phi) is 2.98. The van der Waals surface area contributed by atoms with Gasteiger partial charge in [-0.2, -0.15) is 0 Å². The minimum absolute atomic E-state index is 0.193. The molecular formula is C16H23NS. The van der Waals surface area contributed by atoms with E-state index in [-0.39, 0.29) is 4.87 Å². The largest absolute Gasteiger partial charge is 0.299 e. The van der Waals surface area contributed by atoms with Crippen molar-refractivity contribution in [3.05, 3.63) is 35.4 Å². The first kappa shape index (κ1) is 12.6. The van der Waals surface area contributed by atoms with E-state index in [9.17, 15) is 0 Å². The van der Waals surface area contributed by atoms with Crippen molar-refractivity contribution in [1.29, 1.82) is 0 Å². The molecule has 1 fully saturated rings. The first-order valence-corrected chi connectivity index (χ1v) is 8.01. The third kappa shape index (κ3) is 1.90. The van der Waals surface area contributed by atoms with Crippen molar-refractivity contribution in [1.82, 2.24) is 5.32 Å². The van der Waals surface area contributed by atoms with Gasteiger partial charge in [0.05, 0.1) is 4.87 Å². The molecule has 1 aromatic carbocycles. The molecule has 0 bridgehead atoms. The molecule has 1 aliphatic heterocycles. The van der Waals surface area contributed by atoms with Gasteiger partial charge < -0.3 is 0 Å². The molecule has 2 heteroatoms. The second kappa shape index (κ2) is 4.28. The summed E-state index contributed by atoms with van der Waals surface area (Å²) in [6.45, 7) is 8.26. The molecule has 1 aromatic rings. The number of fused-ring (bicyclic) bond motifs is 2. The lowest BCUT2D eigenvalue weighted by Gasteiger charge is -2.48. The number of thioether (sulfide) groups is 1. The van der Waals surface area contributed by atoms with Gasteiger partial charge in [-0.25, -0.2) is 0 Å². The van der Waals surface area contributed by atoms with Gasteiger partial charge in [-0.05, 0) is 41.1 Å². The zero-order valence-corrected chi connectivity index (χ0v) is 12.4. The summed E-state index contributed by atoms with van der Waals surface area (Å²) in [6.07, 6.45) is 2.53. The number of nitrogens with one attached hydrogen (secondary N) is 1.